The molecule has 1 aromatic carbocycles. The van der Waals surface area contributed by atoms with Crippen LogP contribution < -0.4 is 21.1 Å². The van der Waals surface area contributed by atoms with Crippen LogP contribution in [0.4, 0.5) is 15.8 Å². The number of anilines is 2. The highest BCUT2D eigenvalue weighted by Gasteiger charge is 2.13. The van der Waals surface area contributed by atoms with Crippen LogP contribution in [0.3, 0.4) is 0 Å². The highest BCUT2D eigenvalue weighted by atomic mass is 19.1. The second-order valence-corrected chi connectivity index (χ2v) is 5.78. The van der Waals surface area contributed by atoms with E-state index in [0.29, 0.717) is 25.3 Å². The summed E-state index contributed by atoms with van der Waals surface area (Å²) in [6, 6.07) is 2.72. The third-order valence-corrected chi connectivity index (χ3v) is 2.59. The number of hydrogen-bond donors (Lipinski definition) is 3. The van der Waals surface area contributed by atoms with E-state index in [1.807, 2.05) is 20.8 Å². The maximum absolute atomic E-state index is 13.6. The largest absolute Gasteiger partial charge is 0.491 e. The Kier molecular flexibility index (Phi) is 5.81. The molecule has 0 atom stereocenters. The lowest BCUT2D eigenvalue weighted by Crippen LogP contribution is -2.41. The SMILES string of the molecule is CCOc1cc(NCCC(=O)NC(C)(C)C)c(N)cc1F. The lowest BCUT2D eigenvalue weighted by atomic mass is 10.1. The number of rotatable bonds is 6. The number of amides is 1. The molecule has 0 aliphatic carbocycles. The van der Waals surface area contributed by atoms with Crippen LogP contribution in [0.25, 0.3) is 0 Å². The minimum atomic E-state index is -0.495. The first-order valence-corrected chi connectivity index (χ1v) is 6.99. The normalized spacial score (nSPS) is 11.1. The Balaban J connectivity index is 2.59. The van der Waals surface area contributed by atoms with Crippen LogP contribution in [0.1, 0.15) is 34.1 Å². The van der Waals surface area contributed by atoms with E-state index in [0.717, 1.165) is 0 Å². The number of benzene rings is 1. The maximum atomic E-state index is 13.6. The molecule has 0 aliphatic rings. The topological polar surface area (TPSA) is 76.4 Å². The molecule has 0 saturated heterocycles. The zero-order valence-corrected chi connectivity index (χ0v) is 13.0. The molecule has 5 nitrogen and oxygen atoms in total. The van der Waals surface area contributed by atoms with Crippen molar-refractivity contribution in [3.63, 3.8) is 0 Å². The predicted octanol–water partition coefficient (Wildman–Crippen LogP) is 2.52. The summed E-state index contributed by atoms with van der Waals surface area (Å²) in [5.74, 6) is -0.403. The van der Waals surface area contributed by atoms with Gasteiger partial charge in [0.2, 0.25) is 5.91 Å². The molecular weight excluding hydrogens is 273 g/mol. The van der Waals surface area contributed by atoms with Crippen molar-refractivity contribution >= 4 is 17.3 Å². The molecule has 0 unspecified atom stereocenters. The molecule has 1 rings (SSSR count). The van der Waals surface area contributed by atoms with Gasteiger partial charge in [0.1, 0.15) is 0 Å². The van der Waals surface area contributed by atoms with Crippen molar-refractivity contribution in [2.75, 3.05) is 24.2 Å². The van der Waals surface area contributed by atoms with Gasteiger partial charge in [0.25, 0.3) is 0 Å². The highest BCUT2D eigenvalue weighted by molar-refractivity contribution is 5.77. The van der Waals surface area contributed by atoms with Crippen molar-refractivity contribution in [2.24, 2.45) is 0 Å². The fraction of sp³-hybridized carbons (Fsp3) is 0.533. The molecule has 0 fully saturated rings. The fourth-order valence-electron chi connectivity index (χ4n) is 1.78. The van der Waals surface area contributed by atoms with Crippen molar-refractivity contribution in [1.29, 1.82) is 0 Å². The molecule has 118 valence electrons. The molecule has 0 heterocycles. The molecule has 0 aromatic heterocycles. The first-order valence-electron chi connectivity index (χ1n) is 6.99. The molecule has 0 bridgehead atoms. The minimum Gasteiger partial charge on any atom is -0.491 e. The van der Waals surface area contributed by atoms with E-state index in [1.165, 1.54) is 12.1 Å². The second kappa shape index (κ2) is 7.15. The highest BCUT2D eigenvalue weighted by Crippen LogP contribution is 2.28. The summed E-state index contributed by atoms with van der Waals surface area (Å²) >= 11 is 0. The van der Waals surface area contributed by atoms with Crippen molar-refractivity contribution < 1.29 is 13.9 Å². The van der Waals surface area contributed by atoms with E-state index in [4.69, 9.17) is 10.5 Å². The molecular formula is C15H24FN3O2. The van der Waals surface area contributed by atoms with Crippen molar-refractivity contribution in [3.05, 3.63) is 17.9 Å². The van der Waals surface area contributed by atoms with Gasteiger partial charge < -0.3 is 21.1 Å². The van der Waals surface area contributed by atoms with Gasteiger partial charge in [-0.25, -0.2) is 4.39 Å². The molecule has 0 saturated carbocycles. The van der Waals surface area contributed by atoms with Gasteiger partial charge in [0.15, 0.2) is 11.6 Å². The van der Waals surface area contributed by atoms with Crippen molar-refractivity contribution in [2.45, 2.75) is 39.7 Å². The van der Waals surface area contributed by atoms with Crippen LogP contribution in [0, 0.1) is 5.82 Å². The van der Waals surface area contributed by atoms with Crippen LogP contribution >= 0.6 is 0 Å². The third kappa shape index (κ3) is 5.89. The van der Waals surface area contributed by atoms with Crippen LogP contribution in [0.5, 0.6) is 5.75 Å². The van der Waals surface area contributed by atoms with Gasteiger partial charge in [-0.2, -0.15) is 0 Å². The monoisotopic (exact) mass is 297 g/mol. The zero-order chi connectivity index (χ0) is 16.0. The molecule has 1 amide bonds. The van der Waals surface area contributed by atoms with Crippen molar-refractivity contribution in [1.82, 2.24) is 5.32 Å². The lowest BCUT2D eigenvalue weighted by Gasteiger charge is -2.20. The van der Waals surface area contributed by atoms with Gasteiger partial charge in [0.05, 0.1) is 18.0 Å². The van der Waals surface area contributed by atoms with E-state index in [-0.39, 0.29) is 22.9 Å². The number of carbonyl (C=O) groups excluding carboxylic acids is 1. The Morgan fingerprint density at radius 3 is 2.62 bits per heavy atom. The number of ether oxygens (including phenoxy) is 1. The van der Waals surface area contributed by atoms with Gasteiger partial charge in [-0.15, -0.1) is 0 Å². The molecule has 4 N–H and O–H groups in total. The van der Waals surface area contributed by atoms with Gasteiger partial charge in [-0.05, 0) is 27.7 Å². The summed E-state index contributed by atoms with van der Waals surface area (Å²) in [5.41, 5.74) is 6.33. The number of nitrogen functional groups attached to an aromatic ring is 1. The first-order chi connectivity index (χ1) is 9.73. The third-order valence-electron chi connectivity index (χ3n) is 2.59. The summed E-state index contributed by atoms with van der Waals surface area (Å²) in [6.07, 6.45) is 0.304. The van der Waals surface area contributed by atoms with E-state index in [2.05, 4.69) is 10.6 Å². The van der Waals surface area contributed by atoms with E-state index < -0.39 is 5.82 Å². The van der Waals surface area contributed by atoms with Gasteiger partial charge >= 0.3 is 0 Å². The van der Waals surface area contributed by atoms with Crippen LogP contribution in [-0.4, -0.2) is 24.6 Å². The predicted molar refractivity (Wildman–Crippen MR) is 83.0 cm³/mol. The summed E-state index contributed by atoms with van der Waals surface area (Å²) in [5, 5.41) is 5.89. The molecule has 0 radical (unpaired) electrons. The van der Waals surface area contributed by atoms with Gasteiger partial charge in [-0.1, -0.05) is 0 Å². The van der Waals surface area contributed by atoms with Gasteiger partial charge in [-0.3, -0.25) is 4.79 Å². The van der Waals surface area contributed by atoms with Gasteiger partial charge in [0, 0.05) is 30.6 Å². The Labute approximate surface area is 125 Å². The Morgan fingerprint density at radius 1 is 1.38 bits per heavy atom. The summed E-state index contributed by atoms with van der Waals surface area (Å²) in [6.45, 7) is 8.32. The molecule has 0 aliphatic heterocycles. The second-order valence-electron chi connectivity index (χ2n) is 5.78. The molecule has 0 spiro atoms. The lowest BCUT2D eigenvalue weighted by molar-refractivity contribution is -0.122. The number of halogens is 1. The molecule has 1 aromatic rings. The molecule has 21 heavy (non-hydrogen) atoms. The average molecular weight is 297 g/mol. The Hall–Kier alpha value is -1.98. The van der Waals surface area contributed by atoms with Crippen LogP contribution in [0.15, 0.2) is 12.1 Å². The smallest absolute Gasteiger partial charge is 0.222 e. The number of nitrogens with one attached hydrogen (secondary N) is 2. The van der Waals surface area contributed by atoms with E-state index >= 15 is 0 Å². The quantitative estimate of drug-likeness (QED) is 0.705. The Bertz CT molecular complexity index is 498. The summed E-state index contributed by atoms with van der Waals surface area (Å²) < 4.78 is 18.7. The average Bonchev–Trinajstić information content (AvgIpc) is 2.32. The maximum Gasteiger partial charge on any atom is 0.222 e. The standard InChI is InChI=1S/C15H24FN3O2/c1-5-21-13-9-12(11(17)8-10(13)16)18-7-6-14(20)19-15(2,3)4/h8-9,18H,5-7,17H2,1-4H3,(H,19,20). The molecule has 6 heteroatoms. The number of hydrogen-bond acceptors (Lipinski definition) is 4. The van der Waals surface area contributed by atoms with Crippen LogP contribution in [0.2, 0.25) is 0 Å². The summed E-state index contributed by atoms with van der Waals surface area (Å²) in [4.78, 5) is 11.7. The number of nitrogens with two attached hydrogens (primary N) is 1. The summed E-state index contributed by atoms with van der Waals surface area (Å²) in [7, 11) is 0. The van der Waals surface area contributed by atoms with Crippen LogP contribution in [-0.2, 0) is 4.79 Å². The minimum absolute atomic E-state index is 0.0549. The Morgan fingerprint density at radius 2 is 2.05 bits per heavy atom. The van der Waals surface area contributed by atoms with E-state index in [9.17, 15) is 9.18 Å². The number of carbonyl (C=O) groups is 1. The van der Waals surface area contributed by atoms with E-state index in [1.54, 1.807) is 6.92 Å². The van der Waals surface area contributed by atoms with Crippen molar-refractivity contribution in [3.8, 4) is 5.75 Å². The fourth-order valence-corrected chi connectivity index (χ4v) is 1.78. The zero-order valence-electron chi connectivity index (χ0n) is 13.0. The first kappa shape index (κ1) is 17.1.